The quantitative estimate of drug-likeness (QED) is 0.671. The number of para-hydroxylation sites is 1. The minimum atomic E-state index is -0.245. The van der Waals surface area contributed by atoms with E-state index in [1.165, 1.54) is 4.57 Å². The summed E-state index contributed by atoms with van der Waals surface area (Å²) in [6.07, 6.45) is 0.688. The van der Waals surface area contributed by atoms with Gasteiger partial charge in [0.05, 0.1) is 11.2 Å². The van der Waals surface area contributed by atoms with Crippen LogP contribution in [0.25, 0.3) is 10.9 Å². The summed E-state index contributed by atoms with van der Waals surface area (Å²) in [5.41, 5.74) is 1.54. The summed E-state index contributed by atoms with van der Waals surface area (Å²) < 4.78 is 1.42. The Balaban J connectivity index is 2.20. The SMILES string of the molecule is O=Cc1cc2ccccc2n1C(=O)c1ccc(Cl)cc1. The standard InChI is InChI=1S/C16H10ClNO2/c17-13-7-5-11(6-8-13)16(20)18-14(10-19)9-12-3-1-2-4-15(12)18/h1-10H. The maximum Gasteiger partial charge on any atom is 0.262 e. The first kappa shape index (κ1) is 12.6. The first-order chi connectivity index (χ1) is 9.70. The van der Waals surface area contributed by atoms with Gasteiger partial charge < -0.3 is 0 Å². The minimum absolute atomic E-state index is 0.245. The van der Waals surface area contributed by atoms with E-state index in [9.17, 15) is 9.59 Å². The molecule has 0 aliphatic carbocycles. The largest absolute Gasteiger partial charge is 0.296 e. The van der Waals surface area contributed by atoms with Gasteiger partial charge >= 0.3 is 0 Å². The van der Waals surface area contributed by atoms with Gasteiger partial charge in [-0.1, -0.05) is 29.8 Å². The zero-order chi connectivity index (χ0) is 14.1. The average molecular weight is 284 g/mol. The first-order valence-electron chi connectivity index (χ1n) is 6.06. The number of rotatable bonds is 2. The van der Waals surface area contributed by atoms with Crippen molar-refractivity contribution in [3.8, 4) is 0 Å². The van der Waals surface area contributed by atoms with Gasteiger partial charge in [-0.2, -0.15) is 0 Å². The van der Waals surface area contributed by atoms with Gasteiger partial charge in [0, 0.05) is 16.0 Å². The molecule has 1 heterocycles. The van der Waals surface area contributed by atoms with E-state index in [4.69, 9.17) is 11.6 Å². The summed E-state index contributed by atoms with van der Waals surface area (Å²) in [6.45, 7) is 0. The highest BCUT2D eigenvalue weighted by atomic mass is 35.5. The number of fused-ring (bicyclic) bond motifs is 1. The number of hydrogen-bond acceptors (Lipinski definition) is 2. The van der Waals surface area contributed by atoms with E-state index >= 15 is 0 Å². The number of halogens is 1. The molecule has 0 unspecified atom stereocenters. The summed E-state index contributed by atoms with van der Waals surface area (Å²) >= 11 is 5.82. The van der Waals surface area contributed by atoms with Gasteiger partial charge in [-0.15, -0.1) is 0 Å². The molecule has 0 bridgehead atoms. The molecule has 20 heavy (non-hydrogen) atoms. The number of hydrogen-bond donors (Lipinski definition) is 0. The van der Waals surface area contributed by atoms with Crippen LogP contribution >= 0.6 is 11.6 Å². The van der Waals surface area contributed by atoms with Crippen molar-refractivity contribution in [2.45, 2.75) is 0 Å². The Hall–Kier alpha value is -2.39. The lowest BCUT2D eigenvalue weighted by Gasteiger charge is -2.06. The highest BCUT2D eigenvalue weighted by molar-refractivity contribution is 6.30. The monoisotopic (exact) mass is 283 g/mol. The van der Waals surface area contributed by atoms with Crippen LogP contribution in [0.15, 0.2) is 54.6 Å². The molecule has 0 saturated carbocycles. The van der Waals surface area contributed by atoms with Crippen LogP contribution in [0.1, 0.15) is 20.8 Å². The molecule has 3 rings (SSSR count). The molecule has 0 N–H and O–H groups in total. The molecule has 3 nitrogen and oxygen atoms in total. The van der Waals surface area contributed by atoms with Crippen LogP contribution in [0.2, 0.25) is 5.02 Å². The molecule has 0 spiro atoms. The highest BCUT2D eigenvalue weighted by Gasteiger charge is 2.16. The fourth-order valence-electron chi connectivity index (χ4n) is 2.21. The van der Waals surface area contributed by atoms with Crippen molar-refractivity contribution in [2.75, 3.05) is 0 Å². The lowest BCUT2D eigenvalue weighted by Crippen LogP contribution is -2.14. The van der Waals surface area contributed by atoms with E-state index < -0.39 is 0 Å². The molecular formula is C16H10ClNO2. The van der Waals surface area contributed by atoms with E-state index in [2.05, 4.69) is 0 Å². The van der Waals surface area contributed by atoms with Gasteiger partial charge in [-0.25, -0.2) is 0 Å². The van der Waals surface area contributed by atoms with Crippen LogP contribution in [0.3, 0.4) is 0 Å². The van der Waals surface area contributed by atoms with Gasteiger partial charge in [0.2, 0.25) is 0 Å². The second kappa shape index (κ2) is 4.94. The zero-order valence-electron chi connectivity index (χ0n) is 10.4. The van der Waals surface area contributed by atoms with Crippen LogP contribution in [0.4, 0.5) is 0 Å². The van der Waals surface area contributed by atoms with E-state index in [1.807, 2.05) is 24.3 Å². The third-order valence-electron chi connectivity index (χ3n) is 3.15. The highest BCUT2D eigenvalue weighted by Crippen LogP contribution is 2.21. The fourth-order valence-corrected chi connectivity index (χ4v) is 2.34. The topological polar surface area (TPSA) is 39.1 Å². The molecule has 0 fully saturated rings. The average Bonchev–Trinajstić information content (AvgIpc) is 2.85. The van der Waals surface area contributed by atoms with Crippen LogP contribution in [-0.4, -0.2) is 16.8 Å². The van der Waals surface area contributed by atoms with Crippen molar-refractivity contribution >= 4 is 34.7 Å². The number of aromatic nitrogens is 1. The van der Waals surface area contributed by atoms with Gasteiger partial charge in [-0.05, 0) is 36.4 Å². The second-order valence-electron chi connectivity index (χ2n) is 4.39. The maximum absolute atomic E-state index is 12.6. The van der Waals surface area contributed by atoms with E-state index in [1.54, 1.807) is 30.3 Å². The summed E-state index contributed by atoms with van der Waals surface area (Å²) in [5, 5.41) is 1.42. The number of nitrogens with zero attached hydrogens (tertiary/aromatic N) is 1. The molecule has 0 aliphatic rings. The molecule has 3 aromatic rings. The van der Waals surface area contributed by atoms with Gasteiger partial charge in [0.1, 0.15) is 0 Å². The maximum atomic E-state index is 12.6. The molecule has 0 saturated heterocycles. The normalized spacial score (nSPS) is 10.7. The van der Waals surface area contributed by atoms with Crippen LogP contribution in [0, 0.1) is 0 Å². The van der Waals surface area contributed by atoms with Gasteiger partial charge in [0.15, 0.2) is 6.29 Å². The Morgan fingerprint density at radius 3 is 2.45 bits per heavy atom. The molecule has 0 radical (unpaired) electrons. The molecule has 1 aromatic heterocycles. The lowest BCUT2D eigenvalue weighted by atomic mass is 10.2. The van der Waals surface area contributed by atoms with Crippen LogP contribution < -0.4 is 0 Å². The van der Waals surface area contributed by atoms with Crippen molar-refractivity contribution in [3.63, 3.8) is 0 Å². The second-order valence-corrected chi connectivity index (χ2v) is 4.83. The molecule has 2 aromatic carbocycles. The van der Waals surface area contributed by atoms with Crippen molar-refractivity contribution in [1.82, 2.24) is 4.57 Å². The number of benzene rings is 2. The summed E-state index contributed by atoms with van der Waals surface area (Å²) in [5.74, 6) is -0.245. The summed E-state index contributed by atoms with van der Waals surface area (Å²) in [4.78, 5) is 23.8. The molecule has 98 valence electrons. The van der Waals surface area contributed by atoms with E-state index in [0.29, 0.717) is 22.6 Å². The van der Waals surface area contributed by atoms with E-state index in [-0.39, 0.29) is 5.91 Å². The Bertz CT molecular complexity index is 803. The van der Waals surface area contributed by atoms with Crippen molar-refractivity contribution in [1.29, 1.82) is 0 Å². The third-order valence-corrected chi connectivity index (χ3v) is 3.41. The summed E-state index contributed by atoms with van der Waals surface area (Å²) in [7, 11) is 0. The van der Waals surface area contributed by atoms with Gasteiger partial charge in [-0.3, -0.25) is 14.2 Å². The Kier molecular flexibility index (Phi) is 3.12. The van der Waals surface area contributed by atoms with Crippen molar-refractivity contribution in [2.24, 2.45) is 0 Å². The molecule has 0 amide bonds. The molecule has 4 heteroatoms. The number of carbonyl (C=O) groups is 2. The third kappa shape index (κ3) is 2.02. The van der Waals surface area contributed by atoms with Crippen LogP contribution in [0.5, 0.6) is 0 Å². The lowest BCUT2D eigenvalue weighted by molar-refractivity contribution is 0.0951. The number of aldehydes is 1. The Labute approximate surface area is 120 Å². The molecular weight excluding hydrogens is 274 g/mol. The Morgan fingerprint density at radius 2 is 1.75 bits per heavy atom. The minimum Gasteiger partial charge on any atom is -0.296 e. The van der Waals surface area contributed by atoms with Crippen LogP contribution in [-0.2, 0) is 0 Å². The zero-order valence-corrected chi connectivity index (χ0v) is 11.2. The fraction of sp³-hybridized carbons (Fsp3) is 0. The van der Waals surface area contributed by atoms with Crippen molar-refractivity contribution in [3.05, 3.63) is 70.9 Å². The number of carbonyl (C=O) groups excluding carboxylic acids is 2. The predicted octanol–water partition coefficient (Wildman–Crippen LogP) is 3.80. The van der Waals surface area contributed by atoms with E-state index in [0.717, 1.165) is 10.9 Å². The van der Waals surface area contributed by atoms with Crippen molar-refractivity contribution < 1.29 is 9.59 Å². The smallest absolute Gasteiger partial charge is 0.262 e. The molecule has 0 atom stereocenters. The van der Waals surface area contributed by atoms with Gasteiger partial charge in [0.25, 0.3) is 5.91 Å². The molecule has 0 aliphatic heterocycles. The summed E-state index contributed by atoms with van der Waals surface area (Å²) in [6, 6.07) is 15.7. The first-order valence-corrected chi connectivity index (χ1v) is 6.44. The predicted molar refractivity (Wildman–Crippen MR) is 78.5 cm³/mol. The Morgan fingerprint density at radius 1 is 1.05 bits per heavy atom.